The molecular formula is C19H13ClO4. The lowest BCUT2D eigenvalue weighted by Crippen LogP contribution is -1.98. The van der Waals surface area contributed by atoms with Crippen LogP contribution in [-0.2, 0) is 0 Å². The van der Waals surface area contributed by atoms with Crippen molar-refractivity contribution in [1.29, 1.82) is 0 Å². The SMILES string of the molecule is O=c1ccc2cc(OCC#CCOc3ccc(Cl)cc3)ccc2o1. The van der Waals surface area contributed by atoms with Crippen LogP contribution in [0.25, 0.3) is 11.0 Å². The molecule has 0 bridgehead atoms. The topological polar surface area (TPSA) is 48.7 Å². The van der Waals surface area contributed by atoms with E-state index in [4.69, 9.17) is 25.5 Å². The lowest BCUT2D eigenvalue weighted by atomic mass is 10.2. The lowest BCUT2D eigenvalue weighted by molar-refractivity contribution is 0.362. The van der Waals surface area contributed by atoms with Gasteiger partial charge in [-0.3, -0.25) is 0 Å². The van der Waals surface area contributed by atoms with Crippen molar-refractivity contribution in [2.45, 2.75) is 0 Å². The van der Waals surface area contributed by atoms with E-state index in [1.165, 1.54) is 6.07 Å². The maximum absolute atomic E-state index is 11.1. The molecule has 3 rings (SSSR count). The van der Waals surface area contributed by atoms with Crippen molar-refractivity contribution < 1.29 is 13.9 Å². The molecule has 24 heavy (non-hydrogen) atoms. The molecule has 0 atom stereocenters. The van der Waals surface area contributed by atoms with Gasteiger partial charge in [-0.2, -0.15) is 0 Å². The molecule has 0 aliphatic heterocycles. The summed E-state index contributed by atoms with van der Waals surface area (Å²) in [5.41, 5.74) is 0.153. The van der Waals surface area contributed by atoms with Crippen molar-refractivity contribution in [1.82, 2.24) is 0 Å². The van der Waals surface area contributed by atoms with E-state index < -0.39 is 0 Å². The Bertz CT molecular complexity index is 949. The van der Waals surface area contributed by atoms with Crippen LogP contribution in [0.2, 0.25) is 5.02 Å². The summed E-state index contributed by atoms with van der Waals surface area (Å²) in [7, 11) is 0. The van der Waals surface area contributed by atoms with Crippen LogP contribution >= 0.6 is 11.6 Å². The molecule has 0 fully saturated rings. The highest BCUT2D eigenvalue weighted by atomic mass is 35.5. The quantitative estimate of drug-likeness (QED) is 0.533. The van der Waals surface area contributed by atoms with E-state index in [0.29, 0.717) is 22.1 Å². The predicted molar refractivity (Wildman–Crippen MR) is 92.7 cm³/mol. The lowest BCUT2D eigenvalue weighted by Gasteiger charge is -2.03. The van der Waals surface area contributed by atoms with Gasteiger partial charge in [0.2, 0.25) is 0 Å². The average molecular weight is 341 g/mol. The molecule has 3 aromatic rings. The van der Waals surface area contributed by atoms with Crippen LogP contribution in [0.3, 0.4) is 0 Å². The summed E-state index contributed by atoms with van der Waals surface area (Å²) in [6.45, 7) is 0.514. The van der Waals surface area contributed by atoms with Crippen LogP contribution in [0.15, 0.2) is 63.8 Å². The van der Waals surface area contributed by atoms with Gasteiger partial charge < -0.3 is 13.9 Å². The standard InChI is InChI=1S/C19H13ClO4/c20-15-4-6-16(7-5-15)22-11-1-2-12-23-17-8-9-18-14(13-17)3-10-19(21)24-18/h3-10,13H,11-12H2. The fourth-order valence-corrected chi connectivity index (χ4v) is 2.14. The van der Waals surface area contributed by atoms with E-state index in [2.05, 4.69) is 11.8 Å². The average Bonchev–Trinajstić information content (AvgIpc) is 2.59. The first-order valence-electron chi connectivity index (χ1n) is 7.21. The van der Waals surface area contributed by atoms with Gasteiger partial charge in [0, 0.05) is 16.5 Å². The Morgan fingerprint density at radius 3 is 2.29 bits per heavy atom. The first-order valence-corrected chi connectivity index (χ1v) is 7.59. The summed E-state index contributed by atoms with van der Waals surface area (Å²) < 4.78 is 16.1. The molecule has 4 nitrogen and oxygen atoms in total. The number of halogens is 1. The molecule has 1 heterocycles. The third-order valence-electron chi connectivity index (χ3n) is 3.15. The molecule has 0 unspecified atom stereocenters. The van der Waals surface area contributed by atoms with E-state index in [0.717, 1.165) is 5.39 Å². The highest BCUT2D eigenvalue weighted by Crippen LogP contribution is 2.19. The molecule has 1 aromatic heterocycles. The van der Waals surface area contributed by atoms with Gasteiger partial charge in [0.1, 0.15) is 30.3 Å². The largest absolute Gasteiger partial charge is 0.481 e. The van der Waals surface area contributed by atoms with Crippen LogP contribution < -0.4 is 15.1 Å². The van der Waals surface area contributed by atoms with E-state index in [9.17, 15) is 4.79 Å². The highest BCUT2D eigenvalue weighted by Gasteiger charge is 1.99. The van der Waals surface area contributed by atoms with E-state index >= 15 is 0 Å². The summed E-state index contributed by atoms with van der Waals surface area (Å²) in [5, 5.41) is 1.46. The summed E-state index contributed by atoms with van der Waals surface area (Å²) in [6, 6.07) is 15.4. The second-order valence-corrected chi connectivity index (χ2v) is 5.28. The van der Waals surface area contributed by atoms with Gasteiger partial charge in [-0.15, -0.1) is 0 Å². The summed E-state index contributed by atoms with van der Waals surface area (Å²) in [5.74, 6) is 7.12. The number of rotatable bonds is 4. The Balaban J connectivity index is 1.50. The van der Waals surface area contributed by atoms with Crippen molar-refractivity contribution in [3.63, 3.8) is 0 Å². The Kier molecular flexibility index (Phi) is 5.05. The zero-order valence-corrected chi connectivity index (χ0v) is 13.4. The van der Waals surface area contributed by atoms with Crippen molar-refractivity contribution in [3.8, 4) is 23.3 Å². The van der Waals surface area contributed by atoms with Gasteiger partial charge in [0.05, 0.1) is 0 Å². The minimum atomic E-state index is -0.372. The maximum Gasteiger partial charge on any atom is 0.336 e. The second-order valence-electron chi connectivity index (χ2n) is 4.84. The number of hydrogen-bond donors (Lipinski definition) is 0. The van der Waals surface area contributed by atoms with Crippen molar-refractivity contribution >= 4 is 22.6 Å². The zero-order valence-electron chi connectivity index (χ0n) is 12.6. The van der Waals surface area contributed by atoms with Crippen LogP contribution in [-0.4, -0.2) is 13.2 Å². The fourth-order valence-electron chi connectivity index (χ4n) is 2.01. The van der Waals surface area contributed by atoms with Crippen molar-refractivity contribution in [3.05, 3.63) is 70.0 Å². The molecule has 0 saturated carbocycles. The summed E-state index contributed by atoms with van der Waals surface area (Å²) in [6.07, 6.45) is 0. The van der Waals surface area contributed by atoms with Gasteiger partial charge in [-0.25, -0.2) is 4.79 Å². The monoisotopic (exact) mass is 340 g/mol. The molecule has 0 aliphatic carbocycles. The number of hydrogen-bond acceptors (Lipinski definition) is 4. The Morgan fingerprint density at radius 2 is 1.54 bits per heavy atom. The first kappa shape index (κ1) is 16.0. The van der Waals surface area contributed by atoms with Crippen molar-refractivity contribution in [2.24, 2.45) is 0 Å². The Labute approximate surface area is 143 Å². The van der Waals surface area contributed by atoms with Crippen LogP contribution in [0.1, 0.15) is 0 Å². The molecule has 0 radical (unpaired) electrons. The molecule has 0 amide bonds. The zero-order chi connectivity index (χ0) is 16.8. The van der Waals surface area contributed by atoms with Gasteiger partial charge in [-0.1, -0.05) is 23.4 Å². The maximum atomic E-state index is 11.1. The van der Waals surface area contributed by atoms with Gasteiger partial charge in [-0.05, 0) is 48.5 Å². The summed E-state index contributed by atoms with van der Waals surface area (Å²) in [4.78, 5) is 11.1. The summed E-state index contributed by atoms with van der Waals surface area (Å²) >= 11 is 5.80. The number of benzene rings is 2. The smallest absolute Gasteiger partial charge is 0.336 e. The van der Waals surface area contributed by atoms with Gasteiger partial charge >= 0.3 is 5.63 Å². The molecule has 5 heteroatoms. The third kappa shape index (κ3) is 4.31. The van der Waals surface area contributed by atoms with Crippen LogP contribution in [0.4, 0.5) is 0 Å². The van der Waals surface area contributed by atoms with Crippen LogP contribution in [0, 0.1) is 11.8 Å². The third-order valence-corrected chi connectivity index (χ3v) is 3.40. The van der Waals surface area contributed by atoms with Crippen molar-refractivity contribution in [2.75, 3.05) is 13.2 Å². The van der Waals surface area contributed by atoms with Gasteiger partial charge in [0.25, 0.3) is 0 Å². The predicted octanol–water partition coefficient (Wildman–Crippen LogP) is 3.91. The first-order chi connectivity index (χ1) is 11.7. The second kappa shape index (κ2) is 7.58. The molecule has 0 aliphatic rings. The molecule has 120 valence electrons. The van der Waals surface area contributed by atoms with E-state index in [-0.39, 0.29) is 18.8 Å². The molecule has 0 N–H and O–H groups in total. The van der Waals surface area contributed by atoms with E-state index in [1.54, 1.807) is 48.5 Å². The molecule has 2 aromatic carbocycles. The number of fused-ring (bicyclic) bond motifs is 1. The minimum absolute atomic E-state index is 0.242. The Morgan fingerprint density at radius 1 is 0.875 bits per heavy atom. The molecule has 0 saturated heterocycles. The Hall–Kier alpha value is -2.90. The number of ether oxygens (including phenoxy) is 2. The van der Waals surface area contributed by atoms with Gasteiger partial charge in [0.15, 0.2) is 0 Å². The highest BCUT2D eigenvalue weighted by molar-refractivity contribution is 6.30. The fraction of sp³-hybridized carbons (Fsp3) is 0.105. The molecule has 0 spiro atoms. The molecular weight excluding hydrogens is 328 g/mol. The van der Waals surface area contributed by atoms with Crippen LogP contribution in [0.5, 0.6) is 11.5 Å². The minimum Gasteiger partial charge on any atom is -0.481 e. The normalized spacial score (nSPS) is 10.0. The van der Waals surface area contributed by atoms with E-state index in [1.807, 2.05) is 0 Å².